The van der Waals surface area contributed by atoms with Crippen molar-refractivity contribution < 1.29 is 44.5 Å². The third kappa shape index (κ3) is 4.49. The van der Waals surface area contributed by atoms with Gasteiger partial charge in [-0.2, -0.15) is 0 Å². The summed E-state index contributed by atoms with van der Waals surface area (Å²) in [6.07, 6.45) is -8.78. The molecule has 1 fully saturated rings. The number of aliphatic hydroxyl groups is 5. The molecule has 0 unspecified atom stereocenters. The second-order valence-corrected chi connectivity index (χ2v) is 7.92. The normalized spacial score (nSPS) is 28.6. The molecule has 1 saturated heterocycles. The van der Waals surface area contributed by atoms with Gasteiger partial charge in [-0.1, -0.05) is 0 Å². The van der Waals surface area contributed by atoms with Crippen molar-refractivity contribution >= 4 is 11.0 Å². The molecule has 2 aromatic rings. The quantitative estimate of drug-likeness (QED) is 0.315. The molecule has 30 heavy (non-hydrogen) atoms. The lowest BCUT2D eigenvalue weighted by molar-refractivity contribution is -0.321. The number of aliphatic hydroxyl groups excluding tert-OH is 4. The van der Waals surface area contributed by atoms with Crippen molar-refractivity contribution in [1.29, 1.82) is 0 Å². The van der Waals surface area contributed by atoms with Gasteiger partial charge in [0.2, 0.25) is 0 Å². The van der Waals surface area contributed by atoms with Crippen molar-refractivity contribution in [2.45, 2.75) is 62.7 Å². The van der Waals surface area contributed by atoms with Crippen LogP contribution in [-0.2, 0) is 15.9 Å². The minimum atomic E-state index is -1.66. The highest BCUT2D eigenvalue weighted by Crippen LogP contribution is 2.32. The Kier molecular flexibility index (Phi) is 6.48. The summed E-state index contributed by atoms with van der Waals surface area (Å²) in [5.41, 5.74) is -1.83. The van der Waals surface area contributed by atoms with Gasteiger partial charge < -0.3 is 44.5 Å². The number of phenolic OH excluding ortho intramolecular Hbond substituents is 1. The number of rotatable bonds is 6. The van der Waals surface area contributed by atoms with Crippen molar-refractivity contribution in [2.24, 2.45) is 0 Å². The number of hydrogen-bond donors (Lipinski definition) is 6. The Labute approximate surface area is 171 Å². The summed E-state index contributed by atoms with van der Waals surface area (Å²) in [7, 11) is 0. The minimum Gasteiger partial charge on any atom is -0.508 e. The van der Waals surface area contributed by atoms with Crippen molar-refractivity contribution in [3.63, 3.8) is 0 Å². The lowest BCUT2D eigenvalue weighted by Crippen LogP contribution is -2.60. The summed E-state index contributed by atoms with van der Waals surface area (Å²) in [6, 6.07) is 5.74. The zero-order valence-electron chi connectivity index (χ0n) is 16.5. The van der Waals surface area contributed by atoms with Crippen LogP contribution in [0.4, 0.5) is 0 Å². The lowest BCUT2D eigenvalue weighted by atomic mass is 9.93. The highest BCUT2D eigenvalue weighted by Gasteiger charge is 2.46. The number of ether oxygens (including phenoxy) is 2. The Bertz CT molecular complexity index is 931. The zero-order valence-corrected chi connectivity index (χ0v) is 16.5. The molecule has 10 nitrogen and oxygen atoms in total. The lowest BCUT2D eigenvalue weighted by Gasteiger charge is -2.42. The molecule has 6 atom stereocenters. The van der Waals surface area contributed by atoms with E-state index >= 15 is 0 Å². The maximum atomic E-state index is 11.7. The van der Waals surface area contributed by atoms with Crippen LogP contribution in [0.25, 0.3) is 11.0 Å². The van der Waals surface area contributed by atoms with Gasteiger partial charge in [0.15, 0.2) is 6.29 Å². The van der Waals surface area contributed by atoms with Crippen molar-refractivity contribution in [3.05, 3.63) is 40.2 Å². The second-order valence-electron chi connectivity index (χ2n) is 7.92. The fraction of sp³-hybridized carbons (Fsp3) is 0.550. The number of fused-ring (bicyclic) bond motifs is 1. The van der Waals surface area contributed by atoms with E-state index in [-0.39, 0.29) is 23.3 Å². The van der Waals surface area contributed by atoms with E-state index in [0.717, 1.165) is 0 Å². The van der Waals surface area contributed by atoms with E-state index in [4.69, 9.17) is 13.9 Å². The molecule has 1 aromatic heterocycles. The molecule has 0 spiro atoms. The van der Waals surface area contributed by atoms with Crippen LogP contribution in [0.1, 0.15) is 19.4 Å². The fourth-order valence-corrected chi connectivity index (χ4v) is 3.37. The van der Waals surface area contributed by atoms with Crippen molar-refractivity contribution in [2.75, 3.05) is 6.61 Å². The molecule has 0 saturated carbocycles. The van der Waals surface area contributed by atoms with Gasteiger partial charge in [0.25, 0.3) is 0 Å². The summed E-state index contributed by atoms with van der Waals surface area (Å²) in [6.45, 7) is 2.23. The Balaban J connectivity index is 1.94. The van der Waals surface area contributed by atoms with Gasteiger partial charge in [0.1, 0.15) is 35.7 Å². The molecule has 0 aliphatic carbocycles. The highest BCUT2D eigenvalue weighted by atomic mass is 16.7. The standard InChI is InChI=1S/C20H26O10/c1-20(2,27)13(29-19-17(26)16(25)15(24)12(8-21)28-19)7-10-11(22)5-3-9-4-6-14(23)30-18(9)10/h3-6,12-13,15-17,19,21-22,24-27H,7-8H2,1-2H3/t12-,13-,15-,16+,17-,19+/m1/s1. The number of hydrogen-bond acceptors (Lipinski definition) is 10. The number of aromatic hydroxyl groups is 1. The van der Waals surface area contributed by atoms with E-state index in [2.05, 4.69) is 0 Å². The number of phenols is 1. The van der Waals surface area contributed by atoms with Gasteiger partial charge in [0.05, 0.1) is 18.3 Å². The van der Waals surface area contributed by atoms with Crippen LogP contribution in [0.5, 0.6) is 5.75 Å². The first-order valence-corrected chi connectivity index (χ1v) is 9.46. The molecular weight excluding hydrogens is 400 g/mol. The first kappa shape index (κ1) is 22.6. The third-order valence-electron chi connectivity index (χ3n) is 5.19. The predicted molar refractivity (Wildman–Crippen MR) is 103 cm³/mol. The Hall–Kier alpha value is -2.05. The van der Waals surface area contributed by atoms with E-state index in [1.54, 1.807) is 6.07 Å². The van der Waals surface area contributed by atoms with Gasteiger partial charge in [-0.15, -0.1) is 0 Å². The molecule has 10 heteroatoms. The van der Waals surface area contributed by atoms with Crippen LogP contribution >= 0.6 is 0 Å². The van der Waals surface area contributed by atoms with Crippen LogP contribution in [0, 0.1) is 0 Å². The summed E-state index contributed by atoms with van der Waals surface area (Å²) < 4.78 is 16.3. The first-order chi connectivity index (χ1) is 14.0. The molecule has 0 radical (unpaired) electrons. The highest BCUT2D eigenvalue weighted by molar-refractivity contribution is 5.82. The van der Waals surface area contributed by atoms with E-state index in [9.17, 15) is 35.4 Å². The molecule has 2 heterocycles. The Morgan fingerprint density at radius 3 is 2.40 bits per heavy atom. The van der Waals surface area contributed by atoms with Crippen LogP contribution in [0.3, 0.4) is 0 Å². The second kappa shape index (κ2) is 8.60. The summed E-state index contributed by atoms with van der Waals surface area (Å²) >= 11 is 0. The predicted octanol–water partition coefficient (Wildman–Crippen LogP) is -1.00. The first-order valence-electron chi connectivity index (χ1n) is 9.46. The fourth-order valence-electron chi connectivity index (χ4n) is 3.37. The monoisotopic (exact) mass is 426 g/mol. The Morgan fingerprint density at radius 2 is 1.77 bits per heavy atom. The SMILES string of the molecule is CC(C)(O)[C@@H](Cc1c(O)ccc2ccc(=O)oc12)O[C@@H]1O[C@H](CO)[C@@H](O)[C@H](O)[C@H]1O. The van der Waals surface area contributed by atoms with Crippen LogP contribution in [-0.4, -0.2) is 79.7 Å². The molecule has 1 aromatic carbocycles. The maximum absolute atomic E-state index is 11.7. The molecule has 0 amide bonds. The average molecular weight is 426 g/mol. The summed E-state index contributed by atoms with van der Waals surface area (Å²) in [4.78, 5) is 11.7. The van der Waals surface area contributed by atoms with Crippen molar-refractivity contribution in [3.8, 4) is 5.75 Å². The van der Waals surface area contributed by atoms with E-state index < -0.39 is 54.6 Å². The van der Waals surface area contributed by atoms with E-state index in [1.165, 1.54) is 32.0 Å². The Morgan fingerprint density at radius 1 is 1.10 bits per heavy atom. The molecule has 0 bridgehead atoms. The van der Waals surface area contributed by atoms with E-state index in [0.29, 0.717) is 5.39 Å². The topological polar surface area (TPSA) is 170 Å². The van der Waals surface area contributed by atoms with Crippen LogP contribution in [0.15, 0.2) is 33.5 Å². The molecular formula is C20H26O10. The molecule has 166 valence electrons. The summed E-state index contributed by atoms with van der Waals surface area (Å²) in [5.74, 6) is -0.191. The molecule has 3 rings (SSSR count). The van der Waals surface area contributed by atoms with Crippen molar-refractivity contribution in [1.82, 2.24) is 0 Å². The van der Waals surface area contributed by atoms with Gasteiger partial charge in [-0.05, 0) is 32.0 Å². The van der Waals surface area contributed by atoms with Crippen LogP contribution in [0.2, 0.25) is 0 Å². The van der Waals surface area contributed by atoms with Crippen LogP contribution < -0.4 is 5.63 Å². The van der Waals surface area contributed by atoms with Gasteiger partial charge in [-0.3, -0.25) is 0 Å². The average Bonchev–Trinajstić information content (AvgIpc) is 2.68. The summed E-state index contributed by atoms with van der Waals surface area (Å²) in [5, 5.41) is 61.0. The third-order valence-corrected chi connectivity index (χ3v) is 5.19. The minimum absolute atomic E-state index is 0.120. The molecule has 6 N–H and O–H groups in total. The number of benzene rings is 1. The zero-order chi connectivity index (χ0) is 22.2. The molecule has 1 aliphatic rings. The van der Waals surface area contributed by atoms with Gasteiger partial charge in [0, 0.05) is 23.4 Å². The van der Waals surface area contributed by atoms with Gasteiger partial charge >= 0.3 is 5.63 Å². The van der Waals surface area contributed by atoms with Gasteiger partial charge in [-0.25, -0.2) is 4.79 Å². The smallest absolute Gasteiger partial charge is 0.336 e. The maximum Gasteiger partial charge on any atom is 0.336 e. The largest absolute Gasteiger partial charge is 0.508 e. The van der Waals surface area contributed by atoms with E-state index in [1.807, 2.05) is 0 Å². The molecule has 1 aliphatic heterocycles.